The minimum atomic E-state index is -0.616. The van der Waals surface area contributed by atoms with Gasteiger partial charge in [0.05, 0.1) is 24.4 Å². The lowest BCUT2D eigenvalue weighted by Gasteiger charge is -2.30. The zero-order chi connectivity index (χ0) is 32.9. The molecule has 2 heterocycles. The summed E-state index contributed by atoms with van der Waals surface area (Å²) in [7, 11) is 0. The first-order valence-electron chi connectivity index (χ1n) is 15.4. The van der Waals surface area contributed by atoms with Crippen molar-refractivity contribution in [2.75, 3.05) is 13.2 Å². The third kappa shape index (κ3) is 6.59. The molecule has 0 fully saturated rings. The summed E-state index contributed by atoms with van der Waals surface area (Å²) < 4.78 is 13.5. The van der Waals surface area contributed by atoms with Gasteiger partial charge >= 0.3 is 5.97 Å². The molecule has 0 radical (unpaired) electrons. The molecule has 1 atom stereocenters. The van der Waals surface area contributed by atoms with Gasteiger partial charge in [0.25, 0.3) is 5.91 Å². The largest absolute Gasteiger partial charge is 0.483 e. The third-order valence-corrected chi connectivity index (χ3v) is 8.44. The molecule has 1 aliphatic heterocycles. The molecule has 0 saturated carbocycles. The summed E-state index contributed by atoms with van der Waals surface area (Å²) in [5, 5.41) is 14.3. The number of aromatic nitrogens is 1. The van der Waals surface area contributed by atoms with E-state index in [-0.39, 0.29) is 13.2 Å². The number of rotatable bonds is 10. The molecule has 4 aromatic carbocycles. The number of nitrogens with zero attached hydrogens (tertiary/aromatic N) is 2. The minimum Gasteiger partial charge on any atom is -0.483 e. The molecule has 1 aromatic heterocycles. The van der Waals surface area contributed by atoms with Crippen LogP contribution >= 0.6 is 12.2 Å². The standard InChI is InChI=1S/C37H35N5O4S/c1-4-45-36(44)34-23(2)39-37(47)40-35(34)29-17-8-10-19-32(29)46-22-33(43)41-38-20-30-24(3)42(31-18-9-7-16-28(30)31)21-26-14-11-13-25-12-5-6-15-27(25)26/h5-20,35H,4,21-22H2,1-3H3,(H,41,43)(H2,39,40,47)/t35-/m1/s1. The van der Waals surface area contributed by atoms with E-state index in [2.05, 4.69) is 87.2 Å². The zero-order valence-corrected chi connectivity index (χ0v) is 27.2. The van der Waals surface area contributed by atoms with Crippen molar-refractivity contribution in [3.8, 4) is 5.75 Å². The molecule has 0 spiro atoms. The predicted molar refractivity (Wildman–Crippen MR) is 188 cm³/mol. The Balaban J connectivity index is 1.18. The van der Waals surface area contributed by atoms with E-state index in [9.17, 15) is 9.59 Å². The van der Waals surface area contributed by atoms with Crippen molar-refractivity contribution in [2.45, 2.75) is 33.4 Å². The molecule has 0 bridgehead atoms. The summed E-state index contributed by atoms with van der Waals surface area (Å²) >= 11 is 5.36. The van der Waals surface area contributed by atoms with Crippen molar-refractivity contribution in [3.63, 3.8) is 0 Å². The third-order valence-electron chi connectivity index (χ3n) is 8.22. The van der Waals surface area contributed by atoms with Crippen LogP contribution in [0.3, 0.4) is 0 Å². The Morgan fingerprint density at radius 1 is 0.957 bits per heavy atom. The number of amides is 1. The summed E-state index contributed by atoms with van der Waals surface area (Å²) in [6.45, 7) is 6.23. The summed E-state index contributed by atoms with van der Waals surface area (Å²) in [4.78, 5) is 25.7. The van der Waals surface area contributed by atoms with E-state index < -0.39 is 17.9 Å². The maximum atomic E-state index is 12.9. The molecule has 1 aliphatic rings. The van der Waals surface area contributed by atoms with E-state index in [0.717, 1.165) is 22.2 Å². The molecule has 10 heteroatoms. The lowest BCUT2D eigenvalue weighted by Crippen LogP contribution is -2.45. The average molecular weight is 646 g/mol. The van der Waals surface area contributed by atoms with Gasteiger partial charge in [0.1, 0.15) is 5.75 Å². The van der Waals surface area contributed by atoms with E-state index in [0.29, 0.717) is 34.2 Å². The number of para-hydroxylation sites is 2. The Morgan fingerprint density at radius 3 is 2.51 bits per heavy atom. The molecule has 0 unspecified atom stereocenters. The first-order valence-corrected chi connectivity index (χ1v) is 15.8. The van der Waals surface area contributed by atoms with Gasteiger partial charge in [-0.15, -0.1) is 0 Å². The highest BCUT2D eigenvalue weighted by molar-refractivity contribution is 7.80. The highest BCUT2D eigenvalue weighted by Crippen LogP contribution is 2.34. The van der Waals surface area contributed by atoms with Gasteiger partial charge in [0.2, 0.25) is 0 Å². The lowest BCUT2D eigenvalue weighted by molar-refractivity contribution is -0.139. The Labute approximate surface area is 278 Å². The molecular weight excluding hydrogens is 611 g/mol. The van der Waals surface area contributed by atoms with E-state index in [1.54, 1.807) is 32.2 Å². The molecule has 47 heavy (non-hydrogen) atoms. The fourth-order valence-electron chi connectivity index (χ4n) is 6.03. The maximum absolute atomic E-state index is 12.9. The zero-order valence-electron chi connectivity index (χ0n) is 26.4. The number of benzene rings is 4. The van der Waals surface area contributed by atoms with Crippen LogP contribution in [0.2, 0.25) is 0 Å². The lowest BCUT2D eigenvalue weighted by atomic mass is 9.95. The molecule has 0 saturated heterocycles. The molecule has 9 nitrogen and oxygen atoms in total. The van der Waals surface area contributed by atoms with E-state index >= 15 is 0 Å². The highest BCUT2D eigenvalue weighted by Gasteiger charge is 2.32. The van der Waals surface area contributed by atoms with Crippen molar-refractivity contribution >= 4 is 57.1 Å². The number of thiocarbonyl (C=S) groups is 1. The van der Waals surface area contributed by atoms with Crippen LogP contribution in [0.4, 0.5) is 0 Å². The second kappa shape index (κ2) is 13.9. The molecular formula is C37H35N5O4S. The molecule has 0 aliphatic carbocycles. The van der Waals surface area contributed by atoms with Crippen LogP contribution < -0.4 is 20.8 Å². The van der Waals surface area contributed by atoms with Crippen LogP contribution in [-0.4, -0.2) is 41.0 Å². The fraction of sp³-hybridized carbons (Fsp3) is 0.189. The van der Waals surface area contributed by atoms with E-state index in [1.807, 2.05) is 24.3 Å². The topological polar surface area (TPSA) is 106 Å². The van der Waals surface area contributed by atoms with Gasteiger partial charge in [-0.2, -0.15) is 5.10 Å². The summed E-state index contributed by atoms with van der Waals surface area (Å²) in [5.74, 6) is -0.469. The number of allylic oxidation sites excluding steroid dienone is 1. The average Bonchev–Trinajstić information content (AvgIpc) is 3.33. The Morgan fingerprint density at radius 2 is 1.68 bits per heavy atom. The smallest absolute Gasteiger partial charge is 0.338 e. The Kier molecular flexibility index (Phi) is 9.30. The van der Waals surface area contributed by atoms with E-state index in [4.69, 9.17) is 21.7 Å². The van der Waals surface area contributed by atoms with E-state index in [1.165, 1.54) is 16.3 Å². The highest BCUT2D eigenvalue weighted by atomic mass is 32.1. The second-order valence-corrected chi connectivity index (χ2v) is 11.6. The van der Waals surface area contributed by atoms with Crippen molar-refractivity contribution in [3.05, 3.63) is 125 Å². The monoisotopic (exact) mass is 645 g/mol. The normalized spacial score (nSPS) is 14.7. The van der Waals surface area contributed by atoms with Gasteiger partial charge in [0.15, 0.2) is 11.7 Å². The van der Waals surface area contributed by atoms with Crippen LogP contribution in [0.5, 0.6) is 5.75 Å². The van der Waals surface area contributed by atoms with Crippen LogP contribution in [0, 0.1) is 6.92 Å². The molecule has 6 rings (SSSR count). The van der Waals surface area contributed by atoms with Crippen molar-refractivity contribution in [1.82, 2.24) is 20.6 Å². The quantitative estimate of drug-likeness (QED) is 0.0737. The van der Waals surface area contributed by atoms with Gasteiger partial charge < -0.3 is 24.7 Å². The number of fused-ring (bicyclic) bond motifs is 2. The Bertz CT molecular complexity index is 2060. The van der Waals surface area contributed by atoms with Crippen LogP contribution in [0.25, 0.3) is 21.7 Å². The molecule has 5 aromatic rings. The summed E-state index contributed by atoms with van der Waals surface area (Å²) in [5.41, 5.74) is 8.50. The van der Waals surface area contributed by atoms with Crippen LogP contribution in [0.1, 0.15) is 42.3 Å². The summed E-state index contributed by atoms with van der Waals surface area (Å²) in [6.07, 6.45) is 1.68. The first kappa shape index (κ1) is 31.5. The number of nitrogens with one attached hydrogen (secondary N) is 3. The van der Waals surface area contributed by atoms with Crippen molar-refractivity contribution in [1.29, 1.82) is 0 Å². The Hall–Kier alpha value is -5.48. The number of hydrogen-bond acceptors (Lipinski definition) is 6. The SMILES string of the molecule is CCOC(=O)C1=C(C)NC(=S)N[C@@H]1c1ccccc1OCC(=O)NN=Cc1c(C)n(Cc2cccc3ccccc23)c2ccccc12. The van der Waals surface area contributed by atoms with Crippen molar-refractivity contribution in [2.24, 2.45) is 5.10 Å². The second-order valence-electron chi connectivity index (χ2n) is 11.2. The number of carbonyl (C=O) groups excluding carboxylic acids is 2. The number of hydrazone groups is 1. The maximum Gasteiger partial charge on any atom is 0.338 e. The van der Waals surface area contributed by atoms with Crippen LogP contribution in [-0.2, 0) is 20.9 Å². The summed E-state index contributed by atoms with van der Waals surface area (Å²) in [6, 6.07) is 29.5. The predicted octanol–water partition coefficient (Wildman–Crippen LogP) is 6.04. The van der Waals surface area contributed by atoms with Gasteiger partial charge in [0, 0.05) is 40.0 Å². The van der Waals surface area contributed by atoms with Gasteiger partial charge in [-0.1, -0.05) is 78.9 Å². The fourth-order valence-corrected chi connectivity index (χ4v) is 6.30. The van der Waals surface area contributed by atoms with Crippen LogP contribution in [0.15, 0.2) is 107 Å². The number of hydrogen-bond donors (Lipinski definition) is 3. The first-order chi connectivity index (χ1) is 22.9. The number of esters is 1. The molecule has 3 N–H and O–H groups in total. The number of carbonyl (C=O) groups is 2. The number of ether oxygens (including phenoxy) is 2. The van der Waals surface area contributed by atoms with Gasteiger partial charge in [-0.05, 0) is 61.5 Å². The molecule has 1 amide bonds. The van der Waals surface area contributed by atoms with Gasteiger partial charge in [-0.25, -0.2) is 10.2 Å². The molecule has 238 valence electrons. The van der Waals surface area contributed by atoms with Crippen molar-refractivity contribution < 1.29 is 19.1 Å². The van der Waals surface area contributed by atoms with Gasteiger partial charge in [-0.3, -0.25) is 4.79 Å². The minimum absolute atomic E-state index is 0.232.